The molecule has 2 aromatic rings. The highest BCUT2D eigenvalue weighted by molar-refractivity contribution is 5.99. The van der Waals surface area contributed by atoms with Crippen LogP contribution in [0.15, 0.2) is 30.3 Å². The second-order valence-corrected chi connectivity index (χ2v) is 7.33. The minimum atomic E-state index is -0.680. The van der Waals surface area contributed by atoms with Gasteiger partial charge < -0.3 is 24.8 Å². The first kappa shape index (κ1) is 23.9. The molecule has 2 unspecified atom stereocenters. The molecule has 0 saturated heterocycles. The number of hydrogen-bond donors (Lipinski definition) is 2. The van der Waals surface area contributed by atoms with Crippen molar-refractivity contribution in [2.24, 2.45) is 5.92 Å². The molecule has 0 fully saturated rings. The molecule has 0 aliphatic heterocycles. The van der Waals surface area contributed by atoms with Crippen LogP contribution in [0.2, 0.25) is 0 Å². The number of aromatic nitrogens is 2. The van der Waals surface area contributed by atoms with Gasteiger partial charge in [-0.05, 0) is 31.9 Å². The van der Waals surface area contributed by atoms with Crippen molar-refractivity contribution in [3.63, 3.8) is 0 Å². The van der Waals surface area contributed by atoms with E-state index in [2.05, 4.69) is 20.6 Å². The average molecular weight is 431 g/mol. The lowest BCUT2D eigenvalue weighted by Crippen LogP contribution is -2.51. The van der Waals surface area contributed by atoms with E-state index >= 15 is 0 Å². The van der Waals surface area contributed by atoms with Crippen LogP contribution in [0.1, 0.15) is 44.5 Å². The predicted molar refractivity (Wildman–Crippen MR) is 116 cm³/mol. The monoisotopic (exact) mass is 430 g/mol. The molecule has 9 nitrogen and oxygen atoms in total. The summed E-state index contributed by atoms with van der Waals surface area (Å²) >= 11 is 0. The molecule has 2 N–H and O–H groups in total. The largest absolute Gasteiger partial charge is 0.481 e. The van der Waals surface area contributed by atoms with E-state index in [-0.39, 0.29) is 47.0 Å². The standard InChI is InChI=1S/C22H30N4O5/c1-7-14(4)19(21(28)23-13(2)3)26-20(27)15-10-8-9-11-16(15)31-22-24-17(29-5)12-18(25-22)30-6/h8-14,19H,7H2,1-6H3,(H,23,28)(H,26,27). The molecule has 9 heteroatoms. The van der Waals surface area contributed by atoms with E-state index in [1.807, 2.05) is 27.7 Å². The number of hydrogen-bond acceptors (Lipinski definition) is 7. The quantitative estimate of drug-likeness (QED) is 0.596. The highest BCUT2D eigenvalue weighted by Gasteiger charge is 2.27. The topological polar surface area (TPSA) is 112 Å². The fourth-order valence-corrected chi connectivity index (χ4v) is 2.78. The number of carbonyl (C=O) groups excluding carboxylic acids is 2. The third-order valence-electron chi connectivity index (χ3n) is 4.62. The Bertz CT molecular complexity index is 881. The molecule has 2 rings (SSSR count). The summed E-state index contributed by atoms with van der Waals surface area (Å²) in [5, 5.41) is 5.70. The third kappa shape index (κ3) is 6.56. The van der Waals surface area contributed by atoms with Gasteiger partial charge in [0.15, 0.2) is 0 Å². The molecule has 2 atom stereocenters. The van der Waals surface area contributed by atoms with Crippen molar-refractivity contribution in [2.75, 3.05) is 14.2 Å². The number of ether oxygens (including phenoxy) is 3. The van der Waals surface area contributed by atoms with Crippen LogP contribution in [0.3, 0.4) is 0 Å². The molecule has 0 spiro atoms. The Morgan fingerprint density at radius 3 is 2.16 bits per heavy atom. The second-order valence-electron chi connectivity index (χ2n) is 7.33. The molecule has 31 heavy (non-hydrogen) atoms. The fraction of sp³-hybridized carbons (Fsp3) is 0.455. The summed E-state index contributed by atoms with van der Waals surface area (Å²) < 4.78 is 16.0. The van der Waals surface area contributed by atoms with Gasteiger partial charge in [-0.2, -0.15) is 9.97 Å². The summed E-state index contributed by atoms with van der Waals surface area (Å²) in [6, 6.07) is 7.42. The highest BCUT2D eigenvalue weighted by Crippen LogP contribution is 2.26. The van der Waals surface area contributed by atoms with Crippen LogP contribution in [0.4, 0.5) is 0 Å². The molecule has 0 radical (unpaired) electrons. The van der Waals surface area contributed by atoms with E-state index in [0.29, 0.717) is 0 Å². The molecule has 1 aromatic carbocycles. The van der Waals surface area contributed by atoms with Gasteiger partial charge in [-0.25, -0.2) is 0 Å². The summed E-state index contributed by atoms with van der Waals surface area (Å²) in [6.07, 6.45) is 0.728. The SMILES string of the molecule is CCC(C)C(NC(=O)c1ccccc1Oc1nc(OC)cc(OC)n1)C(=O)NC(C)C. The molecular weight excluding hydrogens is 400 g/mol. The maximum atomic E-state index is 13.1. The third-order valence-corrected chi connectivity index (χ3v) is 4.62. The Hall–Kier alpha value is -3.36. The van der Waals surface area contributed by atoms with Gasteiger partial charge in [-0.15, -0.1) is 0 Å². The van der Waals surface area contributed by atoms with E-state index < -0.39 is 11.9 Å². The van der Waals surface area contributed by atoms with Crippen LogP contribution in [0.25, 0.3) is 0 Å². The smallest absolute Gasteiger partial charge is 0.328 e. The van der Waals surface area contributed by atoms with Crippen molar-refractivity contribution in [3.8, 4) is 23.5 Å². The summed E-state index contributed by atoms with van der Waals surface area (Å²) in [5.41, 5.74) is 0.249. The first-order chi connectivity index (χ1) is 14.8. The zero-order valence-corrected chi connectivity index (χ0v) is 18.8. The Morgan fingerprint density at radius 2 is 1.61 bits per heavy atom. The van der Waals surface area contributed by atoms with Gasteiger partial charge in [0.2, 0.25) is 17.7 Å². The van der Waals surface area contributed by atoms with Crippen molar-refractivity contribution in [2.45, 2.75) is 46.2 Å². The minimum absolute atomic E-state index is 0.0347. The first-order valence-corrected chi connectivity index (χ1v) is 10.1. The molecule has 0 saturated carbocycles. The van der Waals surface area contributed by atoms with Crippen molar-refractivity contribution < 1.29 is 23.8 Å². The first-order valence-electron chi connectivity index (χ1n) is 10.1. The fourth-order valence-electron chi connectivity index (χ4n) is 2.78. The molecule has 0 aliphatic carbocycles. The van der Waals surface area contributed by atoms with E-state index in [1.165, 1.54) is 20.3 Å². The zero-order chi connectivity index (χ0) is 23.0. The van der Waals surface area contributed by atoms with Gasteiger partial charge in [0, 0.05) is 6.04 Å². The Labute approximate surface area is 182 Å². The van der Waals surface area contributed by atoms with E-state index in [0.717, 1.165) is 6.42 Å². The van der Waals surface area contributed by atoms with Crippen LogP contribution in [-0.4, -0.2) is 48.1 Å². The highest BCUT2D eigenvalue weighted by atomic mass is 16.5. The Morgan fingerprint density at radius 1 is 1.00 bits per heavy atom. The zero-order valence-electron chi connectivity index (χ0n) is 18.8. The molecule has 168 valence electrons. The van der Waals surface area contributed by atoms with Gasteiger partial charge in [0.05, 0.1) is 25.8 Å². The number of benzene rings is 1. The van der Waals surface area contributed by atoms with Gasteiger partial charge in [-0.1, -0.05) is 32.4 Å². The average Bonchev–Trinajstić information content (AvgIpc) is 2.76. The lowest BCUT2D eigenvalue weighted by Gasteiger charge is -2.25. The number of methoxy groups -OCH3 is 2. The molecule has 2 amide bonds. The van der Waals surface area contributed by atoms with Crippen LogP contribution < -0.4 is 24.8 Å². The van der Waals surface area contributed by atoms with Gasteiger partial charge in [-0.3, -0.25) is 9.59 Å². The van der Waals surface area contributed by atoms with Crippen molar-refractivity contribution >= 4 is 11.8 Å². The van der Waals surface area contributed by atoms with Crippen molar-refractivity contribution in [1.29, 1.82) is 0 Å². The Balaban J connectivity index is 2.29. The lowest BCUT2D eigenvalue weighted by molar-refractivity contribution is -0.124. The minimum Gasteiger partial charge on any atom is -0.481 e. The summed E-state index contributed by atoms with van der Waals surface area (Å²) in [4.78, 5) is 33.9. The molecule has 1 aromatic heterocycles. The van der Waals surface area contributed by atoms with Crippen LogP contribution in [0, 0.1) is 5.92 Å². The number of nitrogens with one attached hydrogen (secondary N) is 2. The van der Waals surface area contributed by atoms with Crippen LogP contribution in [-0.2, 0) is 4.79 Å². The lowest BCUT2D eigenvalue weighted by atomic mass is 9.97. The molecule has 1 heterocycles. The van der Waals surface area contributed by atoms with E-state index in [1.54, 1.807) is 24.3 Å². The molecule has 0 aliphatic rings. The number of para-hydroxylation sites is 1. The van der Waals surface area contributed by atoms with Gasteiger partial charge in [0.25, 0.3) is 5.91 Å². The summed E-state index contributed by atoms with van der Waals surface area (Å²) in [6.45, 7) is 7.64. The van der Waals surface area contributed by atoms with E-state index in [4.69, 9.17) is 14.2 Å². The van der Waals surface area contributed by atoms with Crippen molar-refractivity contribution in [3.05, 3.63) is 35.9 Å². The predicted octanol–water partition coefficient (Wildman–Crippen LogP) is 2.96. The van der Waals surface area contributed by atoms with Gasteiger partial charge in [0.1, 0.15) is 11.8 Å². The number of amides is 2. The molecule has 0 bridgehead atoms. The summed E-state index contributed by atoms with van der Waals surface area (Å²) in [7, 11) is 2.92. The number of rotatable bonds is 10. The maximum absolute atomic E-state index is 13.1. The maximum Gasteiger partial charge on any atom is 0.328 e. The van der Waals surface area contributed by atoms with Crippen LogP contribution in [0.5, 0.6) is 23.5 Å². The normalized spacial score (nSPS) is 12.6. The molecular formula is C22H30N4O5. The van der Waals surface area contributed by atoms with Crippen molar-refractivity contribution in [1.82, 2.24) is 20.6 Å². The van der Waals surface area contributed by atoms with Crippen LogP contribution >= 0.6 is 0 Å². The summed E-state index contributed by atoms with van der Waals surface area (Å²) in [5.74, 6) is 0.0350. The Kier molecular flexibility index (Phi) is 8.60. The second kappa shape index (κ2) is 11.1. The van der Waals surface area contributed by atoms with E-state index in [9.17, 15) is 9.59 Å². The number of carbonyl (C=O) groups is 2. The van der Waals surface area contributed by atoms with Gasteiger partial charge >= 0.3 is 6.01 Å². The number of nitrogens with zero attached hydrogens (tertiary/aromatic N) is 2.